The summed E-state index contributed by atoms with van der Waals surface area (Å²) in [5.74, 6) is 0.896. The minimum Gasteiger partial charge on any atom is -0.493 e. The van der Waals surface area contributed by atoms with Gasteiger partial charge in [-0.05, 0) is 54.0 Å². The molecule has 1 N–H and O–H groups in total. The minimum absolute atomic E-state index is 0.686. The molecule has 0 saturated heterocycles. The van der Waals surface area contributed by atoms with Gasteiger partial charge in [-0.2, -0.15) is 0 Å². The Kier molecular flexibility index (Phi) is 7.24. The van der Waals surface area contributed by atoms with E-state index in [1.807, 2.05) is 20.0 Å². The third kappa shape index (κ3) is 5.52. The number of benzene rings is 1. The normalized spacial score (nSPS) is 10.5. The van der Waals surface area contributed by atoms with E-state index < -0.39 is 0 Å². The highest BCUT2D eigenvalue weighted by Gasteiger charge is 2.02. The predicted molar refractivity (Wildman–Crippen MR) is 73.8 cm³/mol. The van der Waals surface area contributed by atoms with E-state index in [4.69, 9.17) is 9.47 Å². The Hall–Kier alpha value is -0.580. The monoisotopic (exact) mass is 301 g/mol. The molecule has 0 saturated carbocycles. The lowest BCUT2D eigenvalue weighted by Crippen LogP contribution is -2.15. The van der Waals surface area contributed by atoms with Crippen LogP contribution in [-0.2, 0) is 11.2 Å². The average Bonchev–Trinajstić information content (AvgIpc) is 2.32. The maximum absolute atomic E-state index is 5.49. The fourth-order valence-corrected chi connectivity index (χ4v) is 1.98. The van der Waals surface area contributed by atoms with Gasteiger partial charge in [-0.1, -0.05) is 6.07 Å². The van der Waals surface area contributed by atoms with Crippen LogP contribution in [0.2, 0.25) is 0 Å². The quantitative estimate of drug-likeness (QED) is 0.749. The van der Waals surface area contributed by atoms with Gasteiger partial charge in [0, 0.05) is 6.54 Å². The number of ether oxygens (including phenoxy) is 2. The molecule has 0 aliphatic heterocycles. The Morgan fingerprint density at radius 1 is 1.29 bits per heavy atom. The van der Waals surface area contributed by atoms with Crippen LogP contribution >= 0.6 is 15.9 Å². The summed E-state index contributed by atoms with van der Waals surface area (Å²) in [5.41, 5.74) is 1.25. The van der Waals surface area contributed by atoms with Crippen LogP contribution in [0, 0.1) is 0 Å². The topological polar surface area (TPSA) is 30.5 Å². The second-order valence-corrected chi connectivity index (χ2v) is 4.52. The van der Waals surface area contributed by atoms with Crippen LogP contribution in [0.5, 0.6) is 5.75 Å². The van der Waals surface area contributed by atoms with Crippen LogP contribution in [-0.4, -0.2) is 33.4 Å². The maximum Gasteiger partial charge on any atom is 0.133 e. The molecule has 17 heavy (non-hydrogen) atoms. The van der Waals surface area contributed by atoms with Crippen molar-refractivity contribution in [3.8, 4) is 5.75 Å². The van der Waals surface area contributed by atoms with E-state index in [0.717, 1.165) is 36.4 Å². The zero-order chi connectivity index (χ0) is 12.5. The molecule has 1 rings (SSSR count). The van der Waals surface area contributed by atoms with Crippen LogP contribution in [0.25, 0.3) is 0 Å². The largest absolute Gasteiger partial charge is 0.493 e. The lowest BCUT2D eigenvalue weighted by molar-refractivity contribution is 0.140. The van der Waals surface area contributed by atoms with Crippen molar-refractivity contribution < 1.29 is 9.47 Å². The van der Waals surface area contributed by atoms with Crippen LogP contribution in [0.3, 0.4) is 0 Å². The molecule has 0 aliphatic carbocycles. The van der Waals surface area contributed by atoms with Gasteiger partial charge in [0.25, 0.3) is 0 Å². The molecule has 1 aromatic carbocycles. The number of halogens is 1. The van der Waals surface area contributed by atoms with Gasteiger partial charge in [0.15, 0.2) is 0 Å². The molecule has 0 heterocycles. The summed E-state index contributed by atoms with van der Waals surface area (Å²) in [4.78, 5) is 0. The van der Waals surface area contributed by atoms with Crippen LogP contribution in [0.4, 0.5) is 0 Å². The molecule has 0 aliphatic rings. The second-order valence-electron chi connectivity index (χ2n) is 3.66. The van der Waals surface area contributed by atoms with Crippen LogP contribution in [0.15, 0.2) is 22.7 Å². The molecule has 0 unspecified atom stereocenters. The van der Waals surface area contributed by atoms with Gasteiger partial charge < -0.3 is 14.8 Å². The number of rotatable bonds is 8. The first-order chi connectivity index (χ1) is 8.27. The molecule has 0 radical (unpaired) electrons. The SMILES string of the molecule is CCOc1ccc(CCOCCNC)cc1Br. The van der Waals surface area contributed by atoms with Gasteiger partial charge in [-0.15, -0.1) is 0 Å². The van der Waals surface area contributed by atoms with Crippen molar-refractivity contribution >= 4 is 15.9 Å². The first kappa shape index (κ1) is 14.5. The van der Waals surface area contributed by atoms with Crippen molar-refractivity contribution in [2.75, 3.05) is 33.4 Å². The molecular weight excluding hydrogens is 282 g/mol. The van der Waals surface area contributed by atoms with Crippen molar-refractivity contribution in [3.05, 3.63) is 28.2 Å². The molecule has 0 spiro atoms. The Bertz CT molecular complexity index is 331. The van der Waals surface area contributed by atoms with E-state index in [9.17, 15) is 0 Å². The van der Waals surface area contributed by atoms with E-state index in [1.165, 1.54) is 5.56 Å². The zero-order valence-corrected chi connectivity index (χ0v) is 12.0. The van der Waals surface area contributed by atoms with Gasteiger partial charge in [0.1, 0.15) is 5.75 Å². The number of hydrogen-bond acceptors (Lipinski definition) is 3. The minimum atomic E-state index is 0.686. The molecule has 0 amide bonds. The smallest absolute Gasteiger partial charge is 0.133 e. The highest BCUT2D eigenvalue weighted by Crippen LogP contribution is 2.26. The van der Waals surface area contributed by atoms with Gasteiger partial charge >= 0.3 is 0 Å². The third-order valence-electron chi connectivity index (χ3n) is 2.33. The van der Waals surface area contributed by atoms with Gasteiger partial charge in [0.2, 0.25) is 0 Å². The van der Waals surface area contributed by atoms with Crippen molar-refractivity contribution in [3.63, 3.8) is 0 Å². The zero-order valence-electron chi connectivity index (χ0n) is 10.5. The standard InChI is InChI=1S/C13H20BrNO2/c1-3-17-13-5-4-11(10-12(13)14)6-8-16-9-7-15-2/h4-5,10,15H,3,6-9H2,1-2H3. The molecule has 3 nitrogen and oxygen atoms in total. The first-order valence-corrected chi connectivity index (χ1v) is 6.70. The third-order valence-corrected chi connectivity index (χ3v) is 2.95. The fraction of sp³-hybridized carbons (Fsp3) is 0.538. The van der Waals surface area contributed by atoms with Crippen molar-refractivity contribution in [1.82, 2.24) is 5.32 Å². The van der Waals surface area contributed by atoms with Crippen molar-refractivity contribution in [1.29, 1.82) is 0 Å². The molecule has 0 aromatic heterocycles. The fourth-order valence-electron chi connectivity index (χ4n) is 1.44. The highest BCUT2D eigenvalue weighted by molar-refractivity contribution is 9.10. The Morgan fingerprint density at radius 2 is 2.12 bits per heavy atom. The van der Waals surface area contributed by atoms with Crippen molar-refractivity contribution in [2.24, 2.45) is 0 Å². The van der Waals surface area contributed by atoms with Gasteiger partial charge in [0.05, 0.1) is 24.3 Å². The number of likely N-dealkylation sites (N-methyl/N-ethyl adjacent to an activating group) is 1. The van der Waals surface area contributed by atoms with Crippen LogP contribution in [0.1, 0.15) is 12.5 Å². The second kappa shape index (κ2) is 8.50. The van der Waals surface area contributed by atoms with Crippen molar-refractivity contribution in [2.45, 2.75) is 13.3 Å². The van der Waals surface area contributed by atoms with E-state index in [1.54, 1.807) is 0 Å². The maximum atomic E-state index is 5.49. The number of hydrogen-bond donors (Lipinski definition) is 1. The average molecular weight is 302 g/mol. The lowest BCUT2D eigenvalue weighted by atomic mass is 10.1. The summed E-state index contributed by atoms with van der Waals surface area (Å²) in [6.45, 7) is 5.07. The Labute approximate surface area is 112 Å². The van der Waals surface area contributed by atoms with E-state index >= 15 is 0 Å². The predicted octanol–water partition coefficient (Wildman–Crippen LogP) is 2.63. The molecule has 0 fully saturated rings. The summed E-state index contributed by atoms with van der Waals surface area (Å²) in [5, 5.41) is 3.05. The molecule has 1 aromatic rings. The summed E-state index contributed by atoms with van der Waals surface area (Å²) in [6.07, 6.45) is 0.925. The highest BCUT2D eigenvalue weighted by atomic mass is 79.9. The first-order valence-electron chi connectivity index (χ1n) is 5.91. The Balaban J connectivity index is 2.36. The molecule has 96 valence electrons. The summed E-state index contributed by atoms with van der Waals surface area (Å²) in [7, 11) is 1.92. The summed E-state index contributed by atoms with van der Waals surface area (Å²) < 4.78 is 12.0. The van der Waals surface area contributed by atoms with Gasteiger partial charge in [-0.3, -0.25) is 0 Å². The molecule has 4 heteroatoms. The number of nitrogens with one attached hydrogen (secondary N) is 1. The Morgan fingerprint density at radius 3 is 2.76 bits per heavy atom. The summed E-state index contributed by atoms with van der Waals surface area (Å²) in [6, 6.07) is 6.17. The molecular formula is C13H20BrNO2. The molecule has 0 bridgehead atoms. The summed E-state index contributed by atoms with van der Waals surface area (Å²) >= 11 is 3.51. The van der Waals surface area contributed by atoms with Crippen LogP contribution < -0.4 is 10.1 Å². The molecule has 0 atom stereocenters. The van der Waals surface area contributed by atoms with E-state index in [0.29, 0.717) is 6.61 Å². The van der Waals surface area contributed by atoms with E-state index in [2.05, 4.69) is 33.4 Å². The van der Waals surface area contributed by atoms with E-state index in [-0.39, 0.29) is 0 Å². The van der Waals surface area contributed by atoms with Gasteiger partial charge in [-0.25, -0.2) is 0 Å². The lowest BCUT2D eigenvalue weighted by Gasteiger charge is -2.08.